The molecule has 3 heterocycles. The molecule has 1 N–H and O–H groups in total. The number of hydrogen-bond acceptors (Lipinski definition) is 4. The Balaban J connectivity index is 2.11. The molecular weight excluding hydrogens is 256 g/mol. The topological polar surface area (TPSA) is 61.1 Å². The van der Waals surface area contributed by atoms with Gasteiger partial charge in [-0.3, -0.25) is 4.40 Å². The third-order valence-corrected chi connectivity index (χ3v) is 3.82. The normalized spacial score (nSPS) is 20.5. The summed E-state index contributed by atoms with van der Waals surface area (Å²) in [6, 6.07) is 5.76. The van der Waals surface area contributed by atoms with Crippen LogP contribution in [0.4, 0.5) is 5.82 Å². The molecule has 2 aromatic rings. The standard InChI is InChI=1S/C14H18N4O2/c1-10-9-16(2)7-8-17(10)13-12(14(19)20)18-6-4-3-5-11(18)15-13/h3-6,10H,7-9H2,1-2H3,(H,19,20). The van der Waals surface area contributed by atoms with Gasteiger partial charge in [0, 0.05) is 31.9 Å². The number of carboxylic acid groups (broad SMARTS) is 1. The summed E-state index contributed by atoms with van der Waals surface area (Å²) in [5.41, 5.74) is 0.919. The summed E-state index contributed by atoms with van der Waals surface area (Å²) in [7, 11) is 2.08. The average molecular weight is 274 g/mol. The minimum Gasteiger partial charge on any atom is -0.476 e. The van der Waals surface area contributed by atoms with Gasteiger partial charge < -0.3 is 14.9 Å². The quantitative estimate of drug-likeness (QED) is 0.891. The Labute approximate surface area is 117 Å². The lowest BCUT2D eigenvalue weighted by Gasteiger charge is -2.38. The molecule has 1 aliphatic heterocycles. The van der Waals surface area contributed by atoms with Crippen LogP contribution in [0.2, 0.25) is 0 Å². The molecule has 1 atom stereocenters. The Hall–Kier alpha value is -2.08. The van der Waals surface area contributed by atoms with Crippen molar-refractivity contribution in [3.8, 4) is 0 Å². The van der Waals surface area contributed by atoms with E-state index in [4.69, 9.17) is 0 Å². The van der Waals surface area contributed by atoms with E-state index in [-0.39, 0.29) is 11.7 Å². The minimum atomic E-state index is -0.940. The Kier molecular flexibility index (Phi) is 3.10. The number of aromatic carboxylic acids is 1. The minimum absolute atomic E-state index is 0.247. The van der Waals surface area contributed by atoms with Crippen molar-refractivity contribution in [3.05, 3.63) is 30.1 Å². The van der Waals surface area contributed by atoms with Crippen molar-refractivity contribution in [2.75, 3.05) is 31.6 Å². The van der Waals surface area contributed by atoms with Crippen LogP contribution in [-0.2, 0) is 0 Å². The Morgan fingerprint density at radius 3 is 2.90 bits per heavy atom. The van der Waals surface area contributed by atoms with Gasteiger partial charge >= 0.3 is 5.97 Å². The van der Waals surface area contributed by atoms with Gasteiger partial charge in [0.2, 0.25) is 0 Å². The number of rotatable bonds is 2. The second-order valence-electron chi connectivity index (χ2n) is 5.32. The summed E-state index contributed by atoms with van der Waals surface area (Å²) < 4.78 is 1.64. The first kappa shape index (κ1) is 12.9. The monoisotopic (exact) mass is 274 g/mol. The van der Waals surface area contributed by atoms with Crippen LogP contribution in [0.5, 0.6) is 0 Å². The second kappa shape index (κ2) is 4.79. The molecule has 106 valence electrons. The fraction of sp³-hybridized carbons (Fsp3) is 0.429. The molecule has 0 bridgehead atoms. The predicted molar refractivity (Wildman–Crippen MR) is 76.5 cm³/mol. The summed E-state index contributed by atoms with van der Waals surface area (Å²) in [5.74, 6) is -0.367. The lowest BCUT2D eigenvalue weighted by molar-refractivity contribution is 0.0690. The van der Waals surface area contributed by atoms with Gasteiger partial charge in [0.1, 0.15) is 5.65 Å². The van der Waals surface area contributed by atoms with Crippen molar-refractivity contribution in [2.45, 2.75) is 13.0 Å². The van der Waals surface area contributed by atoms with Gasteiger partial charge in [0.25, 0.3) is 0 Å². The van der Waals surface area contributed by atoms with E-state index in [1.54, 1.807) is 10.6 Å². The number of carboxylic acids is 1. The van der Waals surface area contributed by atoms with Crippen LogP contribution in [0.3, 0.4) is 0 Å². The van der Waals surface area contributed by atoms with Crippen molar-refractivity contribution >= 4 is 17.4 Å². The summed E-state index contributed by atoms with van der Waals surface area (Å²) in [4.78, 5) is 20.5. The maximum absolute atomic E-state index is 11.6. The number of nitrogens with zero attached hydrogens (tertiary/aromatic N) is 4. The van der Waals surface area contributed by atoms with Crippen LogP contribution in [0.1, 0.15) is 17.4 Å². The molecule has 0 spiro atoms. The number of anilines is 1. The summed E-state index contributed by atoms with van der Waals surface area (Å²) in [6.07, 6.45) is 1.75. The van der Waals surface area contributed by atoms with Crippen molar-refractivity contribution in [3.63, 3.8) is 0 Å². The highest BCUT2D eigenvalue weighted by atomic mass is 16.4. The van der Waals surface area contributed by atoms with Gasteiger partial charge in [-0.15, -0.1) is 0 Å². The smallest absolute Gasteiger partial charge is 0.356 e. The third-order valence-electron chi connectivity index (χ3n) is 3.82. The van der Waals surface area contributed by atoms with Crippen molar-refractivity contribution < 1.29 is 9.90 Å². The molecule has 6 heteroatoms. The zero-order valence-corrected chi connectivity index (χ0v) is 11.7. The van der Waals surface area contributed by atoms with Gasteiger partial charge in [-0.05, 0) is 26.1 Å². The largest absolute Gasteiger partial charge is 0.476 e. The first-order chi connectivity index (χ1) is 9.58. The number of fused-ring (bicyclic) bond motifs is 1. The van der Waals surface area contributed by atoms with E-state index in [9.17, 15) is 9.90 Å². The molecule has 0 radical (unpaired) electrons. The van der Waals surface area contributed by atoms with E-state index in [2.05, 4.69) is 28.8 Å². The molecule has 0 amide bonds. The van der Waals surface area contributed by atoms with Crippen molar-refractivity contribution in [1.29, 1.82) is 0 Å². The highest BCUT2D eigenvalue weighted by Gasteiger charge is 2.29. The van der Waals surface area contributed by atoms with E-state index in [1.807, 2.05) is 18.2 Å². The molecule has 1 aliphatic rings. The Morgan fingerprint density at radius 1 is 1.40 bits per heavy atom. The number of hydrogen-bond donors (Lipinski definition) is 1. The summed E-state index contributed by atoms with van der Waals surface area (Å²) in [6.45, 7) is 4.72. The molecular formula is C14H18N4O2. The fourth-order valence-electron chi connectivity index (χ4n) is 2.84. The molecule has 3 rings (SSSR count). The Bertz CT molecular complexity index is 652. The number of aromatic nitrogens is 2. The predicted octanol–water partition coefficient (Wildman–Crippen LogP) is 1.17. The molecule has 1 unspecified atom stereocenters. The van der Waals surface area contributed by atoms with E-state index in [0.29, 0.717) is 11.5 Å². The van der Waals surface area contributed by atoms with Gasteiger partial charge in [-0.2, -0.15) is 0 Å². The highest BCUT2D eigenvalue weighted by molar-refractivity contribution is 5.93. The first-order valence-electron chi connectivity index (χ1n) is 6.73. The number of imidazole rings is 1. The molecule has 6 nitrogen and oxygen atoms in total. The van der Waals surface area contributed by atoms with Crippen LogP contribution < -0.4 is 4.90 Å². The summed E-state index contributed by atoms with van der Waals surface area (Å²) >= 11 is 0. The number of pyridine rings is 1. The van der Waals surface area contributed by atoms with E-state index >= 15 is 0 Å². The van der Waals surface area contributed by atoms with Gasteiger partial charge in [0.15, 0.2) is 11.5 Å². The summed E-state index contributed by atoms with van der Waals surface area (Å²) in [5, 5.41) is 9.52. The second-order valence-corrected chi connectivity index (χ2v) is 5.32. The van der Waals surface area contributed by atoms with Crippen LogP contribution in [0, 0.1) is 0 Å². The van der Waals surface area contributed by atoms with Gasteiger partial charge in [0.05, 0.1) is 0 Å². The van der Waals surface area contributed by atoms with E-state index < -0.39 is 5.97 Å². The van der Waals surface area contributed by atoms with Crippen molar-refractivity contribution in [1.82, 2.24) is 14.3 Å². The zero-order chi connectivity index (χ0) is 14.3. The van der Waals surface area contributed by atoms with Crippen LogP contribution in [0.15, 0.2) is 24.4 Å². The van der Waals surface area contributed by atoms with Gasteiger partial charge in [-0.1, -0.05) is 6.07 Å². The maximum atomic E-state index is 11.6. The van der Waals surface area contributed by atoms with Crippen LogP contribution in [0.25, 0.3) is 5.65 Å². The first-order valence-corrected chi connectivity index (χ1v) is 6.73. The SMILES string of the molecule is CC1CN(C)CCN1c1nc2ccccn2c1C(=O)O. The third kappa shape index (κ3) is 2.02. The highest BCUT2D eigenvalue weighted by Crippen LogP contribution is 2.25. The molecule has 20 heavy (non-hydrogen) atoms. The zero-order valence-electron chi connectivity index (χ0n) is 11.7. The van der Waals surface area contributed by atoms with Crippen LogP contribution >= 0.6 is 0 Å². The molecule has 0 aliphatic carbocycles. The number of likely N-dealkylation sites (N-methyl/N-ethyl adjacent to an activating group) is 1. The molecule has 1 saturated heterocycles. The van der Waals surface area contributed by atoms with E-state index in [0.717, 1.165) is 19.6 Å². The lowest BCUT2D eigenvalue weighted by Crippen LogP contribution is -2.51. The lowest BCUT2D eigenvalue weighted by atomic mass is 10.2. The molecule has 1 fully saturated rings. The van der Waals surface area contributed by atoms with Gasteiger partial charge in [-0.25, -0.2) is 9.78 Å². The van der Waals surface area contributed by atoms with E-state index in [1.165, 1.54) is 0 Å². The fourth-order valence-corrected chi connectivity index (χ4v) is 2.84. The Morgan fingerprint density at radius 2 is 2.20 bits per heavy atom. The number of piperazine rings is 1. The number of carbonyl (C=O) groups is 1. The molecule has 0 saturated carbocycles. The average Bonchev–Trinajstić information content (AvgIpc) is 2.77. The maximum Gasteiger partial charge on any atom is 0.356 e. The van der Waals surface area contributed by atoms with Crippen LogP contribution in [-0.4, -0.2) is 58.1 Å². The molecule has 2 aromatic heterocycles. The van der Waals surface area contributed by atoms with Crippen molar-refractivity contribution in [2.24, 2.45) is 0 Å². The molecule has 0 aromatic carbocycles.